The first-order chi connectivity index (χ1) is 12.5. The summed E-state index contributed by atoms with van der Waals surface area (Å²) in [6.45, 7) is 8.98. The van der Waals surface area contributed by atoms with E-state index in [1.54, 1.807) is 6.92 Å². The predicted molar refractivity (Wildman–Crippen MR) is 107 cm³/mol. The Kier molecular flexibility index (Phi) is 4.10. The number of fused-ring (bicyclic) bond motifs is 3. The highest BCUT2D eigenvalue weighted by Gasteiger charge is 2.33. The molecule has 1 amide bonds. The molecule has 0 saturated carbocycles. The second kappa shape index (κ2) is 6.31. The molecular weight excluding hydrogens is 320 g/mol. The molecule has 0 saturated heterocycles. The van der Waals surface area contributed by atoms with E-state index in [-0.39, 0.29) is 11.9 Å². The number of benzene rings is 2. The molecule has 0 spiro atoms. The summed E-state index contributed by atoms with van der Waals surface area (Å²) in [5.41, 5.74) is 7.46. The SMILES string of the molecule is CC(=O)N1CCc2c([nH]c3ccc(C)cc23)C1c1ccc(C(C)C)cc1. The van der Waals surface area contributed by atoms with E-state index in [2.05, 4.69) is 68.2 Å². The van der Waals surface area contributed by atoms with E-state index in [0.717, 1.165) is 18.5 Å². The van der Waals surface area contributed by atoms with Crippen molar-refractivity contribution in [2.24, 2.45) is 0 Å². The Morgan fingerprint density at radius 1 is 1.15 bits per heavy atom. The summed E-state index contributed by atoms with van der Waals surface area (Å²) >= 11 is 0. The average Bonchev–Trinajstić information content (AvgIpc) is 2.98. The lowest BCUT2D eigenvalue weighted by molar-refractivity contribution is -0.130. The zero-order chi connectivity index (χ0) is 18.4. The summed E-state index contributed by atoms with van der Waals surface area (Å²) in [6.07, 6.45) is 0.902. The van der Waals surface area contributed by atoms with Gasteiger partial charge in [-0.1, -0.05) is 49.7 Å². The summed E-state index contributed by atoms with van der Waals surface area (Å²) in [6, 6.07) is 15.3. The number of H-pyrrole nitrogens is 1. The van der Waals surface area contributed by atoms with Gasteiger partial charge in [-0.2, -0.15) is 0 Å². The van der Waals surface area contributed by atoms with Crippen LogP contribution in [-0.2, 0) is 11.2 Å². The van der Waals surface area contributed by atoms with Crippen LogP contribution in [0.15, 0.2) is 42.5 Å². The number of amides is 1. The monoisotopic (exact) mass is 346 g/mol. The van der Waals surface area contributed by atoms with Crippen LogP contribution >= 0.6 is 0 Å². The third-order valence-electron chi connectivity index (χ3n) is 5.61. The van der Waals surface area contributed by atoms with Crippen molar-refractivity contribution < 1.29 is 4.79 Å². The number of carbonyl (C=O) groups is 1. The van der Waals surface area contributed by atoms with E-state index >= 15 is 0 Å². The highest BCUT2D eigenvalue weighted by Crippen LogP contribution is 2.39. The van der Waals surface area contributed by atoms with E-state index in [4.69, 9.17) is 0 Å². The highest BCUT2D eigenvalue weighted by molar-refractivity contribution is 5.87. The van der Waals surface area contributed by atoms with Crippen LogP contribution in [0.2, 0.25) is 0 Å². The molecule has 1 aliphatic heterocycles. The fraction of sp³-hybridized carbons (Fsp3) is 0.348. The van der Waals surface area contributed by atoms with Gasteiger partial charge in [-0.05, 0) is 48.1 Å². The molecule has 0 bridgehead atoms. The second-order valence-electron chi connectivity index (χ2n) is 7.75. The molecule has 3 heteroatoms. The van der Waals surface area contributed by atoms with Crippen molar-refractivity contribution in [1.29, 1.82) is 0 Å². The highest BCUT2D eigenvalue weighted by atomic mass is 16.2. The third kappa shape index (κ3) is 2.72. The smallest absolute Gasteiger partial charge is 0.220 e. The summed E-state index contributed by atoms with van der Waals surface area (Å²) in [5.74, 6) is 0.634. The van der Waals surface area contributed by atoms with Crippen molar-refractivity contribution in [2.75, 3.05) is 6.54 Å². The van der Waals surface area contributed by atoms with Gasteiger partial charge in [0.1, 0.15) is 0 Å². The van der Waals surface area contributed by atoms with Crippen LogP contribution < -0.4 is 0 Å². The van der Waals surface area contributed by atoms with Gasteiger partial charge in [0.05, 0.1) is 6.04 Å². The largest absolute Gasteiger partial charge is 0.356 e. The molecule has 1 N–H and O–H groups in total. The van der Waals surface area contributed by atoms with Gasteiger partial charge >= 0.3 is 0 Å². The van der Waals surface area contributed by atoms with Gasteiger partial charge in [-0.15, -0.1) is 0 Å². The Hall–Kier alpha value is -2.55. The van der Waals surface area contributed by atoms with E-state index in [1.807, 2.05) is 4.90 Å². The van der Waals surface area contributed by atoms with Gasteiger partial charge < -0.3 is 9.88 Å². The van der Waals surface area contributed by atoms with Gasteiger partial charge in [0.2, 0.25) is 5.91 Å². The first-order valence-electron chi connectivity index (χ1n) is 9.44. The average molecular weight is 346 g/mol. The molecule has 2 aromatic carbocycles. The lowest BCUT2D eigenvalue weighted by atomic mass is 9.91. The number of aryl methyl sites for hydroxylation is 1. The standard InChI is InChI=1S/C23H26N2O/c1-14(2)17-6-8-18(9-7-17)23-22-19(11-12-25(23)16(4)26)20-13-15(3)5-10-21(20)24-22/h5-10,13-14,23-24H,11-12H2,1-4H3. The molecule has 26 heavy (non-hydrogen) atoms. The number of aromatic amines is 1. The molecule has 1 aliphatic rings. The Morgan fingerprint density at radius 2 is 1.88 bits per heavy atom. The third-order valence-corrected chi connectivity index (χ3v) is 5.61. The van der Waals surface area contributed by atoms with Crippen LogP contribution in [0.1, 0.15) is 60.7 Å². The van der Waals surface area contributed by atoms with Crippen LogP contribution in [0.5, 0.6) is 0 Å². The Bertz CT molecular complexity index is 966. The molecule has 0 radical (unpaired) electrons. The van der Waals surface area contributed by atoms with E-state index in [9.17, 15) is 4.79 Å². The molecule has 3 nitrogen and oxygen atoms in total. The molecule has 1 atom stereocenters. The van der Waals surface area contributed by atoms with Crippen molar-refractivity contribution in [3.63, 3.8) is 0 Å². The van der Waals surface area contributed by atoms with Crippen LogP contribution in [0.4, 0.5) is 0 Å². The maximum Gasteiger partial charge on any atom is 0.220 e. The van der Waals surface area contributed by atoms with E-state index in [1.165, 1.54) is 33.3 Å². The van der Waals surface area contributed by atoms with Gasteiger partial charge in [-0.3, -0.25) is 4.79 Å². The molecule has 2 heterocycles. The number of nitrogens with one attached hydrogen (secondary N) is 1. The topological polar surface area (TPSA) is 36.1 Å². The molecule has 4 rings (SSSR count). The van der Waals surface area contributed by atoms with E-state index in [0.29, 0.717) is 5.92 Å². The number of rotatable bonds is 2. The maximum atomic E-state index is 12.3. The summed E-state index contributed by atoms with van der Waals surface area (Å²) in [7, 11) is 0. The Labute approximate surface area is 155 Å². The van der Waals surface area contributed by atoms with Crippen molar-refractivity contribution in [3.8, 4) is 0 Å². The number of hydrogen-bond donors (Lipinski definition) is 1. The zero-order valence-electron chi connectivity index (χ0n) is 16.0. The molecule has 0 aliphatic carbocycles. The predicted octanol–water partition coefficient (Wildman–Crippen LogP) is 5.09. The summed E-state index contributed by atoms with van der Waals surface area (Å²) < 4.78 is 0. The van der Waals surface area contributed by atoms with Gasteiger partial charge in [-0.25, -0.2) is 0 Å². The lowest BCUT2D eigenvalue weighted by Crippen LogP contribution is -2.39. The van der Waals surface area contributed by atoms with Crippen LogP contribution in [0.25, 0.3) is 10.9 Å². The van der Waals surface area contributed by atoms with Crippen LogP contribution in [0.3, 0.4) is 0 Å². The minimum atomic E-state index is -0.0369. The second-order valence-corrected chi connectivity index (χ2v) is 7.75. The van der Waals surface area contributed by atoms with Gasteiger partial charge in [0.15, 0.2) is 0 Å². The lowest BCUT2D eigenvalue weighted by Gasteiger charge is -2.35. The maximum absolute atomic E-state index is 12.3. The minimum Gasteiger partial charge on any atom is -0.356 e. The fourth-order valence-corrected chi connectivity index (χ4v) is 4.15. The first-order valence-corrected chi connectivity index (χ1v) is 9.44. The molecular formula is C23H26N2O. The molecule has 0 fully saturated rings. The van der Waals surface area contributed by atoms with Crippen molar-refractivity contribution in [3.05, 3.63) is 70.4 Å². The Morgan fingerprint density at radius 3 is 2.54 bits per heavy atom. The van der Waals surface area contributed by atoms with Crippen molar-refractivity contribution in [2.45, 2.75) is 46.1 Å². The van der Waals surface area contributed by atoms with E-state index < -0.39 is 0 Å². The Balaban J connectivity index is 1.87. The minimum absolute atomic E-state index is 0.0369. The van der Waals surface area contributed by atoms with Gasteiger partial charge in [0.25, 0.3) is 0 Å². The quantitative estimate of drug-likeness (QED) is 0.689. The zero-order valence-corrected chi connectivity index (χ0v) is 16.0. The summed E-state index contributed by atoms with van der Waals surface area (Å²) in [4.78, 5) is 18.0. The summed E-state index contributed by atoms with van der Waals surface area (Å²) in [5, 5.41) is 1.30. The molecule has 1 aromatic heterocycles. The van der Waals surface area contributed by atoms with Crippen molar-refractivity contribution in [1.82, 2.24) is 9.88 Å². The van der Waals surface area contributed by atoms with Crippen molar-refractivity contribution >= 4 is 16.8 Å². The molecule has 1 unspecified atom stereocenters. The number of hydrogen-bond acceptors (Lipinski definition) is 1. The molecule has 3 aromatic rings. The fourth-order valence-electron chi connectivity index (χ4n) is 4.15. The molecule has 134 valence electrons. The van der Waals surface area contributed by atoms with Crippen LogP contribution in [0, 0.1) is 6.92 Å². The first kappa shape index (κ1) is 16.9. The van der Waals surface area contributed by atoms with Gasteiger partial charge in [0, 0.05) is 30.1 Å². The number of nitrogens with zero attached hydrogens (tertiary/aromatic N) is 1. The number of aromatic nitrogens is 1. The van der Waals surface area contributed by atoms with Crippen LogP contribution in [-0.4, -0.2) is 22.3 Å². The number of carbonyl (C=O) groups excluding carboxylic acids is 1. The normalized spacial score (nSPS) is 17.0.